The standard InChI is InChI=1S/C28H25NO6/c30-17-19-7-12-21(13-8-19)20-10-5-18(6-11-20)9-14-25(31)24(28(34)35)15-16-29-26(32)22-3-1-2-4-23(22)27(29)33/h1-8,10-13,17,24-25,31H,9,14-16H2,(H,34,35)/t24-,25-/m1/s1. The number of rotatable bonds is 10. The molecule has 0 bridgehead atoms. The molecule has 0 saturated heterocycles. The average molecular weight is 472 g/mol. The molecule has 0 unspecified atom stereocenters. The highest BCUT2D eigenvalue weighted by Gasteiger charge is 2.36. The van der Waals surface area contributed by atoms with E-state index in [0.717, 1.165) is 27.9 Å². The Bertz CT molecular complexity index is 1210. The molecule has 7 heteroatoms. The van der Waals surface area contributed by atoms with Crippen LogP contribution in [0.15, 0.2) is 72.8 Å². The molecule has 2 amide bonds. The number of aliphatic hydroxyl groups is 1. The summed E-state index contributed by atoms with van der Waals surface area (Å²) in [5.41, 5.74) is 4.13. The predicted molar refractivity (Wildman–Crippen MR) is 129 cm³/mol. The molecule has 0 aliphatic carbocycles. The summed E-state index contributed by atoms with van der Waals surface area (Å²) in [6, 6.07) is 21.5. The first-order valence-electron chi connectivity index (χ1n) is 11.4. The fourth-order valence-corrected chi connectivity index (χ4v) is 4.32. The number of fused-ring (bicyclic) bond motifs is 1. The number of carbonyl (C=O) groups excluding carboxylic acids is 3. The number of imide groups is 1. The zero-order chi connectivity index (χ0) is 24.9. The maximum Gasteiger partial charge on any atom is 0.309 e. The Balaban J connectivity index is 1.34. The summed E-state index contributed by atoms with van der Waals surface area (Å²) in [6.45, 7) is -0.0715. The molecule has 0 aromatic heterocycles. The van der Waals surface area contributed by atoms with Crippen molar-refractivity contribution in [2.45, 2.75) is 25.4 Å². The van der Waals surface area contributed by atoms with Crippen LogP contribution >= 0.6 is 0 Å². The lowest BCUT2D eigenvalue weighted by Gasteiger charge is -2.22. The Morgan fingerprint density at radius 2 is 1.37 bits per heavy atom. The van der Waals surface area contributed by atoms with Crippen molar-refractivity contribution in [1.82, 2.24) is 4.90 Å². The number of benzene rings is 3. The Hall–Kier alpha value is -4.10. The van der Waals surface area contributed by atoms with Gasteiger partial charge in [-0.3, -0.25) is 24.1 Å². The van der Waals surface area contributed by atoms with Gasteiger partial charge in [0.25, 0.3) is 11.8 Å². The SMILES string of the molecule is O=Cc1ccc(-c2ccc(CC[C@@H](O)[C@@H](CCN3C(=O)c4ccccc4C3=O)C(=O)O)cc2)cc1. The summed E-state index contributed by atoms with van der Waals surface area (Å²) in [4.78, 5) is 48.7. The minimum atomic E-state index is -1.16. The second-order valence-corrected chi connectivity index (χ2v) is 8.58. The summed E-state index contributed by atoms with van der Waals surface area (Å²) in [5.74, 6) is -3.15. The van der Waals surface area contributed by atoms with Crippen LogP contribution in [0.2, 0.25) is 0 Å². The van der Waals surface area contributed by atoms with Gasteiger partial charge in [0.15, 0.2) is 0 Å². The number of aryl methyl sites for hydroxylation is 1. The van der Waals surface area contributed by atoms with Crippen LogP contribution in [0.1, 0.15) is 49.5 Å². The molecule has 0 radical (unpaired) electrons. The monoisotopic (exact) mass is 471 g/mol. The van der Waals surface area contributed by atoms with Crippen LogP contribution in [0.3, 0.4) is 0 Å². The normalized spacial score (nSPS) is 14.5. The molecular formula is C28H25NO6. The van der Waals surface area contributed by atoms with E-state index in [-0.39, 0.29) is 19.4 Å². The second-order valence-electron chi connectivity index (χ2n) is 8.58. The third kappa shape index (κ3) is 5.20. The van der Waals surface area contributed by atoms with Gasteiger partial charge in [0.2, 0.25) is 0 Å². The summed E-state index contributed by atoms with van der Waals surface area (Å²) in [7, 11) is 0. The molecule has 3 aromatic carbocycles. The summed E-state index contributed by atoms with van der Waals surface area (Å²) >= 11 is 0. The quantitative estimate of drug-likeness (QED) is 0.343. The molecule has 178 valence electrons. The maximum atomic E-state index is 12.5. The van der Waals surface area contributed by atoms with Gasteiger partial charge in [0.05, 0.1) is 23.1 Å². The highest BCUT2D eigenvalue weighted by atomic mass is 16.4. The number of hydrogen-bond acceptors (Lipinski definition) is 5. The van der Waals surface area contributed by atoms with Gasteiger partial charge in [-0.05, 0) is 48.1 Å². The van der Waals surface area contributed by atoms with Crippen LogP contribution in [-0.4, -0.2) is 51.8 Å². The van der Waals surface area contributed by atoms with Gasteiger partial charge in [0.1, 0.15) is 6.29 Å². The van der Waals surface area contributed by atoms with Crippen LogP contribution in [-0.2, 0) is 11.2 Å². The fraction of sp³-hybridized carbons (Fsp3) is 0.214. The van der Waals surface area contributed by atoms with E-state index < -0.39 is 29.8 Å². The van der Waals surface area contributed by atoms with Crippen molar-refractivity contribution in [3.63, 3.8) is 0 Å². The number of aliphatic hydroxyl groups excluding tert-OH is 1. The second kappa shape index (κ2) is 10.4. The molecule has 4 rings (SSSR count). The van der Waals surface area contributed by atoms with Gasteiger partial charge >= 0.3 is 5.97 Å². The molecule has 1 heterocycles. The molecule has 2 atom stereocenters. The van der Waals surface area contributed by atoms with E-state index in [0.29, 0.717) is 23.1 Å². The van der Waals surface area contributed by atoms with E-state index in [1.807, 2.05) is 36.4 Å². The topological polar surface area (TPSA) is 112 Å². The number of amides is 2. The van der Waals surface area contributed by atoms with Crippen molar-refractivity contribution in [3.8, 4) is 11.1 Å². The zero-order valence-electron chi connectivity index (χ0n) is 19.0. The van der Waals surface area contributed by atoms with E-state index in [2.05, 4.69) is 0 Å². The molecule has 1 aliphatic heterocycles. The number of carboxylic acids is 1. The number of aliphatic carboxylic acids is 1. The molecule has 0 saturated carbocycles. The number of aldehydes is 1. The molecule has 1 aliphatic rings. The molecule has 35 heavy (non-hydrogen) atoms. The minimum Gasteiger partial charge on any atom is -0.481 e. The molecule has 0 spiro atoms. The molecule has 7 nitrogen and oxygen atoms in total. The van der Waals surface area contributed by atoms with Gasteiger partial charge in [-0.2, -0.15) is 0 Å². The Morgan fingerprint density at radius 3 is 1.89 bits per heavy atom. The molecule has 3 aromatic rings. The number of carboxylic acid groups (broad SMARTS) is 1. The van der Waals surface area contributed by atoms with Gasteiger partial charge in [-0.1, -0.05) is 60.7 Å². The smallest absolute Gasteiger partial charge is 0.309 e. The third-order valence-corrected chi connectivity index (χ3v) is 6.39. The van der Waals surface area contributed by atoms with Crippen LogP contribution in [0, 0.1) is 5.92 Å². The minimum absolute atomic E-state index is 0.0301. The Morgan fingerprint density at radius 1 is 0.829 bits per heavy atom. The fourth-order valence-electron chi connectivity index (χ4n) is 4.32. The number of carbonyl (C=O) groups is 4. The van der Waals surface area contributed by atoms with Gasteiger partial charge < -0.3 is 10.2 Å². The molecule has 2 N–H and O–H groups in total. The predicted octanol–water partition coefficient (Wildman–Crippen LogP) is 3.85. The van der Waals surface area contributed by atoms with Gasteiger partial charge in [-0.25, -0.2) is 0 Å². The number of hydrogen-bond donors (Lipinski definition) is 2. The van der Waals surface area contributed by atoms with E-state index >= 15 is 0 Å². The largest absolute Gasteiger partial charge is 0.481 e. The summed E-state index contributed by atoms with van der Waals surface area (Å²) in [5, 5.41) is 20.3. The van der Waals surface area contributed by atoms with Crippen molar-refractivity contribution in [3.05, 3.63) is 95.1 Å². The zero-order valence-corrected chi connectivity index (χ0v) is 19.0. The summed E-state index contributed by atoms with van der Waals surface area (Å²) < 4.78 is 0. The van der Waals surface area contributed by atoms with Crippen LogP contribution in [0.5, 0.6) is 0 Å². The third-order valence-electron chi connectivity index (χ3n) is 6.39. The first-order chi connectivity index (χ1) is 16.9. The van der Waals surface area contributed by atoms with E-state index in [4.69, 9.17) is 0 Å². The number of nitrogens with zero attached hydrogens (tertiary/aromatic N) is 1. The average Bonchev–Trinajstić information content (AvgIpc) is 3.12. The maximum absolute atomic E-state index is 12.5. The first kappa shape index (κ1) is 24.0. The lowest BCUT2D eigenvalue weighted by molar-refractivity contribution is -0.146. The van der Waals surface area contributed by atoms with Crippen molar-refractivity contribution in [2.75, 3.05) is 6.54 Å². The van der Waals surface area contributed by atoms with Gasteiger partial charge in [-0.15, -0.1) is 0 Å². The van der Waals surface area contributed by atoms with E-state index in [1.54, 1.807) is 36.4 Å². The summed E-state index contributed by atoms with van der Waals surface area (Å²) in [6.07, 6.45) is 0.341. The first-order valence-corrected chi connectivity index (χ1v) is 11.4. The lowest BCUT2D eigenvalue weighted by atomic mass is 9.93. The Labute approximate surface area is 202 Å². The van der Waals surface area contributed by atoms with Crippen LogP contribution in [0.25, 0.3) is 11.1 Å². The van der Waals surface area contributed by atoms with Gasteiger partial charge in [0, 0.05) is 12.1 Å². The van der Waals surface area contributed by atoms with Crippen molar-refractivity contribution in [1.29, 1.82) is 0 Å². The van der Waals surface area contributed by atoms with E-state index in [9.17, 15) is 29.4 Å². The highest BCUT2D eigenvalue weighted by Crippen LogP contribution is 2.25. The molecular weight excluding hydrogens is 446 g/mol. The lowest BCUT2D eigenvalue weighted by Crippen LogP contribution is -2.36. The van der Waals surface area contributed by atoms with Crippen LogP contribution in [0.4, 0.5) is 0 Å². The molecule has 0 fully saturated rings. The Kier molecular flexibility index (Phi) is 7.17. The van der Waals surface area contributed by atoms with Crippen molar-refractivity contribution in [2.24, 2.45) is 5.92 Å². The van der Waals surface area contributed by atoms with Crippen LogP contribution < -0.4 is 0 Å². The highest BCUT2D eigenvalue weighted by molar-refractivity contribution is 6.21. The van der Waals surface area contributed by atoms with Crippen molar-refractivity contribution < 1.29 is 29.4 Å². The van der Waals surface area contributed by atoms with E-state index in [1.165, 1.54) is 0 Å². The van der Waals surface area contributed by atoms with Crippen molar-refractivity contribution >= 4 is 24.1 Å².